The number of hydrogen-bond acceptors (Lipinski definition) is 5. The summed E-state index contributed by atoms with van der Waals surface area (Å²) < 4.78 is 109. The summed E-state index contributed by atoms with van der Waals surface area (Å²) in [6, 6.07) is 5.53. The summed E-state index contributed by atoms with van der Waals surface area (Å²) in [7, 11) is -4.56. The van der Waals surface area contributed by atoms with E-state index >= 15 is 0 Å². The van der Waals surface area contributed by atoms with Gasteiger partial charge in [0.25, 0.3) is 0 Å². The molecule has 1 aliphatic carbocycles. The molecule has 1 aromatic carbocycles. The molecule has 1 aliphatic rings. The Kier molecular flexibility index (Phi) is 7.37. The van der Waals surface area contributed by atoms with E-state index in [1.54, 1.807) is 9.29 Å². The monoisotopic (exact) mass is 560 g/mol. The molecule has 0 aliphatic heterocycles. The van der Waals surface area contributed by atoms with Crippen molar-refractivity contribution in [3.8, 4) is 23.2 Å². The molecule has 2 aromatic heterocycles. The Morgan fingerprint density at radius 2 is 1.79 bits per heavy atom. The average Bonchev–Trinajstić information content (AvgIpc) is 3.16. The number of nitriles is 1. The lowest BCUT2D eigenvalue weighted by molar-refractivity contribution is -0.274. The highest BCUT2D eigenvalue weighted by molar-refractivity contribution is 7.89. The maximum atomic E-state index is 12.9. The van der Waals surface area contributed by atoms with Crippen LogP contribution in [0.5, 0.6) is 5.75 Å². The van der Waals surface area contributed by atoms with Crippen LogP contribution in [0.25, 0.3) is 22.3 Å². The van der Waals surface area contributed by atoms with Crippen molar-refractivity contribution in [2.75, 3.05) is 0 Å². The Morgan fingerprint density at radius 1 is 1.11 bits per heavy atom. The van der Waals surface area contributed by atoms with E-state index in [2.05, 4.69) is 15.8 Å². The standard InChI is InChI=1S/C24H22F6N4O3S/c1-14(23(25,26)27)33-38(35,36)17-8-10-20(32-13-17)22-19(12-31)18-9-7-16(37-24(28,29)30)11-21(18)34(22)15-5-3-2-4-6-15/h7-11,13-15,33H,2-6H2,1H3. The summed E-state index contributed by atoms with van der Waals surface area (Å²) in [4.78, 5) is 3.63. The number of benzene rings is 1. The number of nitrogens with zero attached hydrogens (tertiary/aromatic N) is 3. The summed E-state index contributed by atoms with van der Waals surface area (Å²) in [6.07, 6.45) is -4.75. The molecule has 4 rings (SSSR count). The van der Waals surface area contributed by atoms with Gasteiger partial charge < -0.3 is 9.30 Å². The molecule has 38 heavy (non-hydrogen) atoms. The first-order chi connectivity index (χ1) is 17.7. The second-order valence-electron chi connectivity index (χ2n) is 8.99. The minimum Gasteiger partial charge on any atom is -0.406 e. The van der Waals surface area contributed by atoms with E-state index in [1.807, 2.05) is 0 Å². The Bertz CT molecular complexity index is 1470. The normalized spacial score (nSPS) is 16.4. The van der Waals surface area contributed by atoms with Crippen molar-refractivity contribution in [3.05, 3.63) is 42.1 Å². The van der Waals surface area contributed by atoms with Crippen LogP contribution in [0.1, 0.15) is 50.6 Å². The summed E-state index contributed by atoms with van der Waals surface area (Å²) >= 11 is 0. The maximum absolute atomic E-state index is 12.9. The van der Waals surface area contributed by atoms with Gasteiger partial charge in [0.1, 0.15) is 22.8 Å². The van der Waals surface area contributed by atoms with E-state index in [0.717, 1.165) is 37.6 Å². The van der Waals surface area contributed by atoms with Crippen LogP contribution < -0.4 is 9.46 Å². The summed E-state index contributed by atoms with van der Waals surface area (Å²) in [6.45, 7) is 0.665. The van der Waals surface area contributed by atoms with E-state index in [0.29, 0.717) is 30.7 Å². The highest BCUT2D eigenvalue weighted by Gasteiger charge is 2.39. The molecule has 1 N–H and O–H groups in total. The summed E-state index contributed by atoms with van der Waals surface area (Å²) in [5.41, 5.74) is 0.865. The van der Waals surface area contributed by atoms with E-state index < -0.39 is 39.2 Å². The molecule has 2 heterocycles. The van der Waals surface area contributed by atoms with Crippen LogP contribution >= 0.6 is 0 Å². The van der Waals surface area contributed by atoms with Crippen molar-refractivity contribution >= 4 is 20.9 Å². The first-order valence-corrected chi connectivity index (χ1v) is 13.1. The number of fused-ring (bicyclic) bond motifs is 1. The zero-order chi connectivity index (χ0) is 27.9. The number of aromatic nitrogens is 2. The minimum atomic E-state index is -4.92. The van der Waals surface area contributed by atoms with E-state index in [4.69, 9.17) is 0 Å². The maximum Gasteiger partial charge on any atom is 0.573 e. The number of ether oxygens (including phenoxy) is 1. The number of hydrogen-bond donors (Lipinski definition) is 1. The molecule has 7 nitrogen and oxygen atoms in total. The third-order valence-corrected chi connectivity index (χ3v) is 7.90. The van der Waals surface area contributed by atoms with Crippen molar-refractivity contribution in [2.45, 2.75) is 68.5 Å². The average molecular weight is 561 g/mol. The second kappa shape index (κ2) is 10.1. The number of nitrogens with one attached hydrogen (secondary N) is 1. The topological polar surface area (TPSA) is 97.0 Å². The van der Waals surface area contributed by atoms with Crippen LogP contribution in [0.4, 0.5) is 26.3 Å². The van der Waals surface area contributed by atoms with Crippen LogP contribution in [0, 0.1) is 11.3 Å². The van der Waals surface area contributed by atoms with Gasteiger partial charge in [0.2, 0.25) is 10.0 Å². The van der Waals surface area contributed by atoms with Crippen molar-refractivity contribution in [2.24, 2.45) is 0 Å². The zero-order valence-electron chi connectivity index (χ0n) is 19.9. The lowest BCUT2D eigenvalue weighted by atomic mass is 9.95. The predicted molar refractivity (Wildman–Crippen MR) is 125 cm³/mol. The minimum absolute atomic E-state index is 0.121. The lowest BCUT2D eigenvalue weighted by Gasteiger charge is -2.26. The molecule has 0 bridgehead atoms. The quantitative estimate of drug-likeness (QED) is 0.362. The molecule has 1 unspecified atom stereocenters. The third kappa shape index (κ3) is 5.73. The number of alkyl halides is 6. The SMILES string of the molecule is CC(NS(=O)(=O)c1ccc(-c2c(C#N)c3ccc(OC(F)(F)F)cc3n2C2CCCCC2)nc1)C(F)(F)F. The number of rotatable bonds is 6. The molecular weight excluding hydrogens is 538 g/mol. The van der Waals surface area contributed by atoms with Crippen molar-refractivity contribution in [3.63, 3.8) is 0 Å². The highest BCUT2D eigenvalue weighted by atomic mass is 32.2. The summed E-state index contributed by atoms with van der Waals surface area (Å²) in [5.74, 6) is -0.463. The smallest absolute Gasteiger partial charge is 0.406 e. The molecule has 0 amide bonds. The van der Waals surface area contributed by atoms with Gasteiger partial charge in [-0.2, -0.15) is 23.2 Å². The van der Waals surface area contributed by atoms with Crippen LogP contribution in [0.15, 0.2) is 41.4 Å². The number of halogens is 6. The van der Waals surface area contributed by atoms with Gasteiger partial charge in [-0.3, -0.25) is 4.98 Å². The Labute approximate surface area is 214 Å². The lowest BCUT2D eigenvalue weighted by Crippen LogP contribution is -2.42. The van der Waals surface area contributed by atoms with Gasteiger partial charge in [-0.15, -0.1) is 13.2 Å². The van der Waals surface area contributed by atoms with Crippen LogP contribution in [0.3, 0.4) is 0 Å². The van der Waals surface area contributed by atoms with E-state index in [1.165, 1.54) is 18.2 Å². The molecule has 3 aromatic rings. The highest BCUT2D eigenvalue weighted by Crippen LogP contribution is 2.41. The van der Waals surface area contributed by atoms with Gasteiger partial charge in [0.05, 0.1) is 22.5 Å². The van der Waals surface area contributed by atoms with Crippen molar-refractivity contribution in [1.29, 1.82) is 5.26 Å². The molecule has 204 valence electrons. The largest absolute Gasteiger partial charge is 0.573 e. The van der Waals surface area contributed by atoms with Crippen molar-refractivity contribution < 1.29 is 39.5 Å². The zero-order valence-corrected chi connectivity index (χ0v) is 20.7. The van der Waals surface area contributed by atoms with Gasteiger partial charge in [-0.05, 0) is 44.0 Å². The fourth-order valence-electron chi connectivity index (χ4n) is 4.62. The number of sulfonamides is 1. The molecule has 1 atom stereocenters. The Hall–Kier alpha value is -3.31. The Morgan fingerprint density at radius 3 is 2.34 bits per heavy atom. The van der Waals surface area contributed by atoms with E-state index in [9.17, 15) is 40.0 Å². The molecule has 14 heteroatoms. The third-order valence-electron chi connectivity index (χ3n) is 6.37. The Balaban J connectivity index is 1.84. The van der Waals surface area contributed by atoms with Gasteiger partial charge in [-0.25, -0.2) is 8.42 Å². The van der Waals surface area contributed by atoms with Gasteiger partial charge in [0.15, 0.2) is 0 Å². The summed E-state index contributed by atoms with van der Waals surface area (Å²) in [5, 5.41) is 10.4. The predicted octanol–water partition coefficient (Wildman–Crippen LogP) is 6.21. The second-order valence-corrected chi connectivity index (χ2v) is 10.7. The van der Waals surface area contributed by atoms with Gasteiger partial charge in [0, 0.05) is 23.7 Å². The number of pyridine rings is 1. The molecular formula is C24H22F6N4O3S. The van der Waals surface area contributed by atoms with Crippen LogP contribution in [-0.2, 0) is 10.0 Å². The fraction of sp³-hybridized carbons (Fsp3) is 0.417. The first kappa shape index (κ1) is 27.7. The van der Waals surface area contributed by atoms with Gasteiger partial charge >= 0.3 is 12.5 Å². The molecule has 1 saturated carbocycles. The van der Waals surface area contributed by atoms with Gasteiger partial charge in [-0.1, -0.05) is 19.3 Å². The van der Waals surface area contributed by atoms with Crippen molar-refractivity contribution in [1.82, 2.24) is 14.3 Å². The molecule has 0 saturated heterocycles. The molecule has 0 radical (unpaired) electrons. The first-order valence-electron chi connectivity index (χ1n) is 11.6. The van der Waals surface area contributed by atoms with Crippen LogP contribution in [-0.4, -0.2) is 36.5 Å². The molecule has 1 fully saturated rings. The molecule has 0 spiro atoms. The fourth-order valence-corrected chi connectivity index (χ4v) is 5.79. The van der Waals surface area contributed by atoms with Crippen LogP contribution in [0.2, 0.25) is 0 Å². The van der Waals surface area contributed by atoms with E-state index in [-0.39, 0.29) is 23.0 Å².